The molecule has 2 heterocycles. The molecule has 2 aromatic rings. The van der Waals surface area contributed by atoms with Gasteiger partial charge in [0.2, 0.25) is 0 Å². The van der Waals surface area contributed by atoms with Crippen molar-refractivity contribution >= 4 is 23.9 Å². The first-order valence-corrected chi connectivity index (χ1v) is 10.6. The fourth-order valence-corrected chi connectivity index (χ4v) is 4.85. The number of fused-ring (bicyclic) bond motifs is 2. The fourth-order valence-electron chi connectivity index (χ4n) is 4.85. The van der Waals surface area contributed by atoms with Gasteiger partial charge in [0.1, 0.15) is 13.2 Å². The Balaban J connectivity index is 1.57. The summed E-state index contributed by atoms with van der Waals surface area (Å²) in [5, 5.41) is 19.9. The first-order valence-electron chi connectivity index (χ1n) is 10.6. The number of esters is 2. The number of carbonyl (C=O) groups excluding carboxylic acids is 2. The van der Waals surface area contributed by atoms with Crippen molar-refractivity contribution in [3.8, 4) is 0 Å². The van der Waals surface area contributed by atoms with Crippen molar-refractivity contribution < 1.29 is 38.9 Å². The molecule has 3 aliphatic carbocycles. The molecule has 0 spiro atoms. The van der Waals surface area contributed by atoms with Gasteiger partial charge in [-0.15, -0.1) is 0 Å². The Hall–Kier alpha value is -4.08. The minimum absolute atomic E-state index is 0.134. The number of aromatic nitrogens is 2. The lowest BCUT2D eigenvalue weighted by Crippen LogP contribution is -2.57. The van der Waals surface area contributed by atoms with Gasteiger partial charge in [-0.25, -0.2) is 0 Å². The van der Waals surface area contributed by atoms with Crippen LogP contribution in [-0.2, 0) is 41.9 Å². The number of hydrogen-bond acceptors (Lipinski definition) is 8. The Morgan fingerprint density at radius 2 is 1.12 bits per heavy atom. The molecule has 10 nitrogen and oxygen atoms in total. The second-order valence-corrected chi connectivity index (χ2v) is 8.26. The van der Waals surface area contributed by atoms with Crippen LogP contribution in [-0.4, -0.2) is 44.1 Å². The molecule has 34 heavy (non-hydrogen) atoms. The van der Waals surface area contributed by atoms with E-state index in [-0.39, 0.29) is 13.2 Å². The van der Waals surface area contributed by atoms with Crippen LogP contribution in [0, 0.1) is 35.5 Å². The maximum atomic E-state index is 13.0. The maximum absolute atomic E-state index is 13.0. The first-order chi connectivity index (χ1) is 16.4. The number of carboxylic acids is 2. The Labute approximate surface area is 194 Å². The van der Waals surface area contributed by atoms with E-state index in [1.807, 2.05) is 0 Å². The zero-order chi connectivity index (χ0) is 24.2. The number of nitrogens with zero attached hydrogens (tertiary/aromatic N) is 2. The second kappa shape index (κ2) is 9.82. The number of hydrogen-bond donors (Lipinski definition) is 2. The second-order valence-electron chi connectivity index (χ2n) is 8.26. The van der Waals surface area contributed by atoms with Crippen LogP contribution in [0.25, 0.3) is 0 Å². The molecule has 2 aromatic heterocycles. The standard InChI is InChI=1S/C24H22N2O8/c27-21(28)17-16-6-5-15(19(17)23(31)33-11-13-3-1-7-25-9-13)18(22(29)30)20(16)24(32)34-12-14-4-2-8-26-10-14/h1-10,15-20H,11-12H2,(H,27,28)(H,29,30)/t15-,16+,17+,18-,19-,20-/m0/s1. The first kappa shape index (κ1) is 23.1. The predicted octanol–water partition coefficient (Wildman–Crippen LogP) is 1.71. The molecule has 5 rings (SSSR count). The maximum Gasteiger partial charge on any atom is 0.310 e. The number of allylic oxidation sites excluding steroid dienone is 2. The number of aliphatic carboxylic acids is 2. The summed E-state index contributed by atoms with van der Waals surface area (Å²) in [6.45, 7) is -0.268. The van der Waals surface area contributed by atoms with E-state index in [0.29, 0.717) is 11.1 Å². The molecule has 3 aliphatic rings. The average Bonchev–Trinajstić information content (AvgIpc) is 2.86. The van der Waals surface area contributed by atoms with Crippen LogP contribution in [0.3, 0.4) is 0 Å². The van der Waals surface area contributed by atoms with Gasteiger partial charge >= 0.3 is 23.9 Å². The number of carbonyl (C=O) groups is 4. The van der Waals surface area contributed by atoms with Crippen molar-refractivity contribution in [1.82, 2.24) is 9.97 Å². The number of ether oxygens (including phenoxy) is 2. The van der Waals surface area contributed by atoms with Crippen LogP contribution in [0.1, 0.15) is 11.1 Å². The zero-order valence-electron chi connectivity index (χ0n) is 17.9. The van der Waals surface area contributed by atoms with Gasteiger partial charge in [0, 0.05) is 47.8 Å². The highest BCUT2D eigenvalue weighted by Crippen LogP contribution is 2.52. The van der Waals surface area contributed by atoms with E-state index < -0.39 is 59.4 Å². The minimum Gasteiger partial charge on any atom is -0.481 e. The van der Waals surface area contributed by atoms with E-state index in [4.69, 9.17) is 9.47 Å². The molecular weight excluding hydrogens is 444 g/mol. The van der Waals surface area contributed by atoms with Gasteiger partial charge in [0.05, 0.1) is 23.7 Å². The summed E-state index contributed by atoms with van der Waals surface area (Å²) in [4.78, 5) is 58.2. The molecule has 0 aliphatic heterocycles. The van der Waals surface area contributed by atoms with Crippen LogP contribution in [0.15, 0.2) is 61.2 Å². The van der Waals surface area contributed by atoms with E-state index in [2.05, 4.69) is 9.97 Å². The molecule has 0 amide bonds. The summed E-state index contributed by atoms with van der Waals surface area (Å²) in [7, 11) is 0. The van der Waals surface area contributed by atoms with E-state index in [9.17, 15) is 29.4 Å². The van der Waals surface area contributed by atoms with Crippen LogP contribution < -0.4 is 0 Å². The Morgan fingerprint density at radius 3 is 1.44 bits per heavy atom. The van der Waals surface area contributed by atoms with Gasteiger partial charge in [0.25, 0.3) is 0 Å². The van der Waals surface area contributed by atoms with Crippen molar-refractivity contribution in [1.29, 1.82) is 0 Å². The summed E-state index contributed by atoms with van der Waals surface area (Å²) in [5.74, 6) is -11.5. The van der Waals surface area contributed by atoms with Crippen molar-refractivity contribution in [3.05, 3.63) is 72.3 Å². The van der Waals surface area contributed by atoms with Crippen molar-refractivity contribution in [2.75, 3.05) is 0 Å². The van der Waals surface area contributed by atoms with Gasteiger partial charge in [-0.2, -0.15) is 0 Å². The van der Waals surface area contributed by atoms with Crippen LogP contribution in [0.2, 0.25) is 0 Å². The van der Waals surface area contributed by atoms with Gasteiger partial charge in [-0.05, 0) is 12.1 Å². The molecule has 6 atom stereocenters. The Morgan fingerprint density at radius 1 is 0.706 bits per heavy atom. The molecule has 0 saturated heterocycles. The molecule has 1 saturated carbocycles. The highest BCUT2D eigenvalue weighted by atomic mass is 16.5. The summed E-state index contributed by atoms with van der Waals surface area (Å²) >= 11 is 0. The lowest BCUT2D eigenvalue weighted by molar-refractivity contribution is -0.183. The number of rotatable bonds is 8. The third kappa shape index (κ3) is 4.52. The van der Waals surface area contributed by atoms with Crippen molar-refractivity contribution in [2.45, 2.75) is 13.2 Å². The molecule has 0 radical (unpaired) electrons. The highest BCUT2D eigenvalue weighted by molar-refractivity contribution is 5.89. The third-order valence-corrected chi connectivity index (χ3v) is 6.31. The fraction of sp³-hybridized carbons (Fsp3) is 0.333. The van der Waals surface area contributed by atoms with Crippen LogP contribution in [0.5, 0.6) is 0 Å². The van der Waals surface area contributed by atoms with E-state index in [0.717, 1.165) is 0 Å². The smallest absolute Gasteiger partial charge is 0.310 e. The summed E-state index contributed by atoms with van der Waals surface area (Å²) < 4.78 is 10.7. The topological polar surface area (TPSA) is 153 Å². The molecular formula is C24H22N2O8. The van der Waals surface area contributed by atoms with Crippen molar-refractivity contribution in [3.63, 3.8) is 0 Å². The lowest BCUT2D eigenvalue weighted by atomic mass is 9.53. The average molecular weight is 466 g/mol. The summed E-state index contributed by atoms with van der Waals surface area (Å²) in [6.07, 6.45) is 9.13. The van der Waals surface area contributed by atoms with Crippen molar-refractivity contribution in [2.24, 2.45) is 35.5 Å². The van der Waals surface area contributed by atoms with E-state index in [1.165, 1.54) is 24.5 Å². The lowest BCUT2D eigenvalue weighted by Gasteiger charge is -2.48. The third-order valence-electron chi connectivity index (χ3n) is 6.31. The molecule has 2 N–H and O–H groups in total. The SMILES string of the molecule is O=C(O)[C@@H]1[C@H]2C=C[C@H]([C@@H]1C(=O)OCc1cccnc1)[C@H](C(=O)O)[C@H]2C(=O)OCc1cccnc1. The Bertz CT molecular complexity index is 1020. The monoisotopic (exact) mass is 466 g/mol. The van der Waals surface area contributed by atoms with Gasteiger partial charge in [0.15, 0.2) is 0 Å². The van der Waals surface area contributed by atoms with E-state index in [1.54, 1.807) is 36.7 Å². The largest absolute Gasteiger partial charge is 0.481 e. The molecule has 0 unspecified atom stereocenters. The quantitative estimate of drug-likeness (QED) is 0.434. The molecule has 176 valence electrons. The molecule has 1 fully saturated rings. The normalized spacial score (nSPS) is 27.1. The minimum atomic E-state index is -1.33. The number of pyridine rings is 2. The highest BCUT2D eigenvalue weighted by Gasteiger charge is 2.61. The number of carboxylic acid groups (broad SMARTS) is 2. The van der Waals surface area contributed by atoms with Crippen LogP contribution >= 0.6 is 0 Å². The molecule has 2 bridgehead atoms. The van der Waals surface area contributed by atoms with Gasteiger partial charge < -0.3 is 19.7 Å². The van der Waals surface area contributed by atoms with Gasteiger partial charge in [-0.1, -0.05) is 24.3 Å². The van der Waals surface area contributed by atoms with Crippen LogP contribution in [0.4, 0.5) is 0 Å². The summed E-state index contributed by atoms with van der Waals surface area (Å²) in [5.41, 5.74) is 1.21. The predicted molar refractivity (Wildman–Crippen MR) is 113 cm³/mol. The zero-order valence-corrected chi connectivity index (χ0v) is 17.9. The molecule has 10 heteroatoms. The van der Waals surface area contributed by atoms with E-state index >= 15 is 0 Å². The Kier molecular flexibility index (Phi) is 6.67. The summed E-state index contributed by atoms with van der Waals surface area (Å²) in [6, 6.07) is 6.71. The van der Waals surface area contributed by atoms with Gasteiger partial charge in [-0.3, -0.25) is 29.1 Å². The molecule has 0 aromatic carbocycles.